The van der Waals surface area contributed by atoms with Crippen LogP contribution in [-0.4, -0.2) is 24.4 Å². The first-order valence-corrected chi connectivity index (χ1v) is 9.48. The summed E-state index contributed by atoms with van der Waals surface area (Å²) in [7, 11) is 3.14. The predicted molar refractivity (Wildman–Crippen MR) is 108 cm³/mol. The topological polar surface area (TPSA) is 58.9 Å². The van der Waals surface area contributed by atoms with Gasteiger partial charge in [-0.05, 0) is 0 Å². The SMILES string of the molecule is COc1csc(O)c1.COc1csc(O)c1.[C-]1=CC=CC1.[C-]1=CC=CC1.[Zr+2]. The maximum atomic E-state index is 8.72. The van der Waals surface area contributed by atoms with Crippen LogP contribution < -0.4 is 9.47 Å². The third-order valence-electron chi connectivity index (χ3n) is 2.77. The van der Waals surface area contributed by atoms with Crippen molar-refractivity contribution in [1.29, 1.82) is 0 Å². The van der Waals surface area contributed by atoms with Crippen molar-refractivity contribution >= 4 is 22.7 Å². The van der Waals surface area contributed by atoms with Gasteiger partial charge < -0.3 is 19.7 Å². The van der Waals surface area contributed by atoms with Gasteiger partial charge in [0, 0.05) is 22.9 Å². The van der Waals surface area contributed by atoms with E-state index in [9.17, 15) is 0 Å². The minimum absolute atomic E-state index is 0. The second-order valence-corrected chi connectivity index (χ2v) is 6.44. The average Bonchev–Trinajstić information content (AvgIpc) is 3.44. The first-order chi connectivity index (χ1) is 12.7. The number of aromatic hydroxyl groups is 2. The minimum atomic E-state index is 0. The Morgan fingerprint density at radius 3 is 1.33 bits per heavy atom. The maximum Gasteiger partial charge on any atom is 2.00 e. The summed E-state index contributed by atoms with van der Waals surface area (Å²) in [6.07, 6.45) is 20.0. The maximum absolute atomic E-state index is 8.72. The Morgan fingerprint density at radius 1 is 0.815 bits per heavy atom. The van der Waals surface area contributed by atoms with Gasteiger partial charge in [-0.25, -0.2) is 24.3 Å². The van der Waals surface area contributed by atoms with Crippen LogP contribution in [0.15, 0.2) is 59.3 Å². The second-order valence-electron chi connectivity index (χ2n) is 4.66. The van der Waals surface area contributed by atoms with E-state index in [1.807, 2.05) is 24.3 Å². The molecule has 142 valence electrons. The largest absolute Gasteiger partial charge is 2.00 e. The monoisotopic (exact) mass is 480 g/mol. The van der Waals surface area contributed by atoms with E-state index in [2.05, 4.69) is 24.3 Å². The molecule has 0 unspecified atom stereocenters. The van der Waals surface area contributed by atoms with E-state index in [0.29, 0.717) is 21.6 Å². The van der Waals surface area contributed by atoms with Gasteiger partial charge >= 0.3 is 26.2 Å². The summed E-state index contributed by atoms with van der Waals surface area (Å²) in [5, 5.41) is 21.5. The summed E-state index contributed by atoms with van der Waals surface area (Å²) in [5.74, 6) is 1.43. The molecule has 2 aliphatic carbocycles. The molecule has 2 aromatic rings. The number of thiophene rings is 2. The van der Waals surface area contributed by atoms with Crippen molar-refractivity contribution in [2.45, 2.75) is 12.8 Å². The van der Waals surface area contributed by atoms with Gasteiger partial charge in [0.05, 0.1) is 14.2 Å². The van der Waals surface area contributed by atoms with Crippen LogP contribution in [0.3, 0.4) is 0 Å². The smallest absolute Gasteiger partial charge is 0.499 e. The molecule has 4 rings (SSSR count). The summed E-state index contributed by atoms with van der Waals surface area (Å²) in [6, 6.07) is 3.15. The predicted octanol–water partition coefficient (Wildman–Crippen LogP) is 5.53. The molecule has 27 heavy (non-hydrogen) atoms. The van der Waals surface area contributed by atoms with Gasteiger partial charge in [0.25, 0.3) is 0 Å². The molecule has 0 fully saturated rings. The first-order valence-electron chi connectivity index (χ1n) is 7.72. The van der Waals surface area contributed by atoms with Crippen LogP contribution in [0.5, 0.6) is 21.6 Å². The molecule has 0 aromatic carbocycles. The van der Waals surface area contributed by atoms with E-state index in [1.165, 1.54) is 22.7 Å². The van der Waals surface area contributed by atoms with E-state index in [1.54, 1.807) is 37.1 Å². The Morgan fingerprint density at radius 2 is 1.22 bits per heavy atom. The summed E-state index contributed by atoms with van der Waals surface area (Å²) in [4.78, 5) is 0. The summed E-state index contributed by atoms with van der Waals surface area (Å²) >= 11 is 2.52. The van der Waals surface area contributed by atoms with Gasteiger partial charge in [-0.3, -0.25) is 12.2 Å². The van der Waals surface area contributed by atoms with Gasteiger partial charge in [-0.2, -0.15) is 12.2 Å². The average molecular weight is 482 g/mol. The fourth-order valence-corrected chi connectivity index (χ4v) is 2.68. The Kier molecular flexibility index (Phi) is 15.6. The fourth-order valence-electron chi connectivity index (χ4n) is 1.51. The van der Waals surface area contributed by atoms with Crippen molar-refractivity contribution in [3.8, 4) is 21.6 Å². The van der Waals surface area contributed by atoms with Crippen LogP contribution in [0.1, 0.15) is 12.8 Å². The zero-order valence-corrected chi connectivity index (χ0v) is 19.3. The third-order valence-corrected chi connectivity index (χ3v) is 4.19. The molecule has 0 saturated carbocycles. The molecule has 0 spiro atoms. The Bertz CT molecular complexity index is 648. The van der Waals surface area contributed by atoms with Crippen LogP contribution in [0.4, 0.5) is 0 Å². The van der Waals surface area contributed by atoms with Gasteiger partial charge in [0.1, 0.15) is 11.5 Å². The number of methoxy groups -OCH3 is 2. The number of hydrogen-bond donors (Lipinski definition) is 2. The standard InChI is InChI=1S/2C5H6O2S.2C5H5.Zr/c2*1-7-4-2-5(6)8-3-4;2*1-2-4-5-3-1;/h2*2-3,6H,1H3;2*1-3H,4H2;/q;;2*-1;+2. The van der Waals surface area contributed by atoms with Gasteiger partial charge in [-0.15, -0.1) is 35.5 Å². The first kappa shape index (κ1) is 25.4. The van der Waals surface area contributed by atoms with Crippen molar-refractivity contribution < 1.29 is 45.9 Å². The molecule has 4 nitrogen and oxygen atoms in total. The molecule has 0 amide bonds. The van der Waals surface area contributed by atoms with E-state index in [-0.39, 0.29) is 26.2 Å². The number of hydrogen-bond acceptors (Lipinski definition) is 6. The molecule has 2 N–H and O–H groups in total. The fraction of sp³-hybridized carbons (Fsp3) is 0.200. The van der Waals surface area contributed by atoms with Gasteiger partial charge in [0.15, 0.2) is 10.1 Å². The number of ether oxygens (including phenoxy) is 2. The van der Waals surface area contributed by atoms with Crippen LogP contribution in [0, 0.1) is 12.2 Å². The Hall–Kier alpha value is -1.56. The van der Waals surface area contributed by atoms with Crippen molar-refractivity contribution in [3.05, 3.63) is 71.5 Å². The summed E-state index contributed by atoms with van der Waals surface area (Å²) in [5.41, 5.74) is 0. The molecule has 0 aliphatic heterocycles. The molecule has 0 radical (unpaired) electrons. The molecule has 2 heterocycles. The van der Waals surface area contributed by atoms with Crippen molar-refractivity contribution in [1.82, 2.24) is 0 Å². The normalized spacial score (nSPS) is 11.9. The molecule has 0 saturated heterocycles. The summed E-state index contributed by atoms with van der Waals surface area (Å²) < 4.78 is 9.57. The van der Waals surface area contributed by atoms with E-state index in [0.717, 1.165) is 12.8 Å². The number of rotatable bonds is 2. The Labute approximate surface area is 187 Å². The van der Waals surface area contributed by atoms with Gasteiger partial charge in [-0.1, -0.05) is 0 Å². The van der Waals surface area contributed by atoms with Gasteiger partial charge in [0.2, 0.25) is 0 Å². The van der Waals surface area contributed by atoms with E-state index in [4.69, 9.17) is 19.7 Å². The van der Waals surface area contributed by atoms with E-state index < -0.39 is 0 Å². The van der Waals surface area contributed by atoms with Crippen LogP contribution in [-0.2, 0) is 26.2 Å². The van der Waals surface area contributed by atoms with Crippen LogP contribution in [0.2, 0.25) is 0 Å². The third kappa shape index (κ3) is 13.3. The van der Waals surface area contributed by atoms with Crippen LogP contribution in [0.25, 0.3) is 0 Å². The van der Waals surface area contributed by atoms with E-state index >= 15 is 0 Å². The summed E-state index contributed by atoms with van der Waals surface area (Å²) in [6.45, 7) is 0. The van der Waals surface area contributed by atoms with Crippen molar-refractivity contribution in [2.75, 3.05) is 14.2 Å². The quantitative estimate of drug-likeness (QED) is 0.554. The Balaban J connectivity index is 0.000000337. The number of allylic oxidation sites excluding steroid dienone is 8. The molecular weight excluding hydrogens is 460 g/mol. The molecule has 0 bridgehead atoms. The molecule has 2 aliphatic rings. The van der Waals surface area contributed by atoms with Crippen molar-refractivity contribution in [2.24, 2.45) is 0 Å². The molecule has 7 heteroatoms. The molecule has 0 atom stereocenters. The van der Waals surface area contributed by atoms with Crippen molar-refractivity contribution in [3.63, 3.8) is 0 Å². The minimum Gasteiger partial charge on any atom is -0.499 e. The molecular formula is C20H22O4S2Zr. The second kappa shape index (κ2) is 16.6. The zero-order valence-electron chi connectivity index (χ0n) is 15.2. The molecule has 2 aromatic heterocycles. The van der Waals surface area contributed by atoms with Crippen LogP contribution >= 0.6 is 22.7 Å². The zero-order chi connectivity index (χ0) is 19.0.